The van der Waals surface area contributed by atoms with Crippen LogP contribution in [0.25, 0.3) is 0 Å². The number of hydrogen-bond donors (Lipinski definition) is 2. The first-order valence-electron chi connectivity index (χ1n) is 8.06. The summed E-state index contributed by atoms with van der Waals surface area (Å²) >= 11 is 0. The van der Waals surface area contributed by atoms with Gasteiger partial charge in [0.15, 0.2) is 0 Å². The van der Waals surface area contributed by atoms with E-state index in [1.165, 1.54) is 0 Å². The minimum atomic E-state index is -0.232. The van der Waals surface area contributed by atoms with Gasteiger partial charge in [0.05, 0.1) is 7.11 Å². The summed E-state index contributed by atoms with van der Waals surface area (Å²) in [5.41, 5.74) is 7.70. The summed E-state index contributed by atoms with van der Waals surface area (Å²) in [6.07, 6.45) is 1.64. The standard InChI is InChI=1S/C20H19N3O3.ClH/c1-25-17-7-5-16(6-8-17)23-20(24)15-3-2-4-18(12-15)26-19-11-14(13-21)9-10-22-19;/h2-12H,13,21H2,1H3,(H,23,24);1H. The van der Waals surface area contributed by atoms with Gasteiger partial charge in [0.25, 0.3) is 5.91 Å². The van der Waals surface area contributed by atoms with Crippen molar-refractivity contribution in [3.63, 3.8) is 0 Å². The van der Waals surface area contributed by atoms with E-state index in [4.69, 9.17) is 15.2 Å². The van der Waals surface area contributed by atoms with E-state index >= 15 is 0 Å². The van der Waals surface area contributed by atoms with Gasteiger partial charge in [0, 0.05) is 30.1 Å². The van der Waals surface area contributed by atoms with E-state index in [2.05, 4.69) is 10.3 Å². The Bertz CT molecular complexity index is 901. The molecule has 0 unspecified atom stereocenters. The number of anilines is 1. The fourth-order valence-electron chi connectivity index (χ4n) is 2.33. The molecule has 27 heavy (non-hydrogen) atoms. The zero-order chi connectivity index (χ0) is 18.4. The van der Waals surface area contributed by atoms with Crippen LogP contribution in [-0.2, 0) is 6.54 Å². The zero-order valence-electron chi connectivity index (χ0n) is 14.7. The minimum absolute atomic E-state index is 0. The Balaban J connectivity index is 0.00000261. The number of benzene rings is 2. The molecule has 0 saturated carbocycles. The topological polar surface area (TPSA) is 86.5 Å². The van der Waals surface area contributed by atoms with Crippen LogP contribution in [0.1, 0.15) is 15.9 Å². The van der Waals surface area contributed by atoms with E-state index in [1.807, 2.05) is 6.07 Å². The highest BCUT2D eigenvalue weighted by Crippen LogP contribution is 2.22. The fraction of sp³-hybridized carbons (Fsp3) is 0.100. The molecule has 3 rings (SSSR count). The highest BCUT2D eigenvalue weighted by molar-refractivity contribution is 6.04. The van der Waals surface area contributed by atoms with Gasteiger partial charge in [-0.15, -0.1) is 12.4 Å². The lowest BCUT2D eigenvalue weighted by molar-refractivity contribution is 0.102. The molecule has 7 heteroatoms. The second-order valence-electron chi connectivity index (χ2n) is 5.52. The average Bonchev–Trinajstić information content (AvgIpc) is 2.69. The lowest BCUT2D eigenvalue weighted by atomic mass is 10.2. The molecule has 0 radical (unpaired) electrons. The lowest BCUT2D eigenvalue weighted by Crippen LogP contribution is -2.11. The summed E-state index contributed by atoms with van der Waals surface area (Å²) in [6.45, 7) is 0.406. The third-order valence-electron chi connectivity index (χ3n) is 3.70. The molecule has 0 bridgehead atoms. The first-order valence-corrected chi connectivity index (χ1v) is 8.06. The molecule has 1 amide bonds. The Labute approximate surface area is 163 Å². The Morgan fingerprint density at radius 1 is 1.07 bits per heavy atom. The molecule has 0 spiro atoms. The van der Waals surface area contributed by atoms with Crippen molar-refractivity contribution in [1.82, 2.24) is 4.98 Å². The van der Waals surface area contributed by atoms with Crippen LogP contribution in [0.15, 0.2) is 66.9 Å². The second-order valence-corrected chi connectivity index (χ2v) is 5.52. The van der Waals surface area contributed by atoms with Crippen molar-refractivity contribution in [1.29, 1.82) is 0 Å². The van der Waals surface area contributed by atoms with Gasteiger partial charge in [-0.1, -0.05) is 6.07 Å². The third kappa shape index (κ3) is 5.44. The number of carbonyl (C=O) groups excluding carboxylic acids is 1. The number of methoxy groups -OCH3 is 1. The number of ether oxygens (including phenoxy) is 2. The van der Waals surface area contributed by atoms with Crippen molar-refractivity contribution in [3.05, 3.63) is 78.0 Å². The largest absolute Gasteiger partial charge is 0.497 e. The number of aromatic nitrogens is 1. The van der Waals surface area contributed by atoms with Crippen LogP contribution < -0.4 is 20.5 Å². The Morgan fingerprint density at radius 2 is 1.85 bits per heavy atom. The van der Waals surface area contributed by atoms with Crippen LogP contribution >= 0.6 is 12.4 Å². The molecule has 1 aromatic heterocycles. The maximum atomic E-state index is 12.4. The maximum absolute atomic E-state index is 12.4. The van der Waals surface area contributed by atoms with Crippen LogP contribution in [-0.4, -0.2) is 18.0 Å². The van der Waals surface area contributed by atoms with E-state index in [-0.39, 0.29) is 18.3 Å². The van der Waals surface area contributed by atoms with Gasteiger partial charge in [-0.25, -0.2) is 4.98 Å². The number of nitrogens with zero attached hydrogens (tertiary/aromatic N) is 1. The number of carbonyl (C=O) groups is 1. The Morgan fingerprint density at radius 3 is 2.56 bits per heavy atom. The van der Waals surface area contributed by atoms with E-state index < -0.39 is 0 Å². The van der Waals surface area contributed by atoms with Crippen molar-refractivity contribution in [2.45, 2.75) is 6.54 Å². The van der Waals surface area contributed by atoms with Gasteiger partial charge >= 0.3 is 0 Å². The quantitative estimate of drug-likeness (QED) is 0.669. The van der Waals surface area contributed by atoms with E-state index in [9.17, 15) is 4.79 Å². The molecule has 0 fully saturated rings. The van der Waals surface area contributed by atoms with Gasteiger partial charge in [-0.3, -0.25) is 4.79 Å². The molecular formula is C20H20ClN3O3. The number of pyridine rings is 1. The minimum Gasteiger partial charge on any atom is -0.497 e. The van der Waals surface area contributed by atoms with Gasteiger partial charge in [0.1, 0.15) is 11.5 Å². The summed E-state index contributed by atoms with van der Waals surface area (Å²) in [4.78, 5) is 16.6. The molecule has 1 heterocycles. The number of nitrogens with two attached hydrogens (primary N) is 1. The summed E-state index contributed by atoms with van der Waals surface area (Å²) in [5.74, 6) is 1.45. The normalized spacial score (nSPS) is 9.85. The second kappa shape index (κ2) is 9.56. The molecule has 0 atom stereocenters. The van der Waals surface area contributed by atoms with Crippen molar-refractivity contribution in [2.24, 2.45) is 5.73 Å². The summed E-state index contributed by atoms with van der Waals surface area (Å²) in [7, 11) is 1.59. The Kier molecular flexibility index (Phi) is 7.16. The van der Waals surface area contributed by atoms with Crippen LogP contribution in [0, 0.1) is 0 Å². The first kappa shape index (κ1) is 20.2. The number of hydrogen-bond acceptors (Lipinski definition) is 5. The molecule has 0 aliphatic carbocycles. The average molecular weight is 386 g/mol. The molecule has 6 nitrogen and oxygen atoms in total. The number of amides is 1. The SMILES string of the molecule is COc1ccc(NC(=O)c2cccc(Oc3cc(CN)ccn3)c2)cc1.Cl. The first-order chi connectivity index (χ1) is 12.7. The predicted molar refractivity (Wildman–Crippen MR) is 107 cm³/mol. The van der Waals surface area contributed by atoms with E-state index in [0.717, 1.165) is 11.3 Å². The predicted octanol–water partition coefficient (Wildman–Crippen LogP) is 4.02. The molecule has 2 aromatic carbocycles. The highest BCUT2D eigenvalue weighted by atomic mass is 35.5. The van der Waals surface area contributed by atoms with Crippen molar-refractivity contribution < 1.29 is 14.3 Å². The monoisotopic (exact) mass is 385 g/mol. The smallest absolute Gasteiger partial charge is 0.255 e. The molecule has 0 aliphatic heterocycles. The third-order valence-corrected chi connectivity index (χ3v) is 3.70. The fourth-order valence-corrected chi connectivity index (χ4v) is 2.33. The van der Waals surface area contributed by atoms with E-state index in [1.54, 1.807) is 67.9 Å². The number of halogens is 1. The molecule has 0 saturated heterocycles. The molecule has 3 aromatic rings. The van der Waals surface area contributed by atoms with E-state index in [0.29, 0.717) is 29.4 Å². The Hall–Kier alpha value is -3.09. The van der Waals surface area contributed by atoms with Crippen molar-refractivity contribution in [2.75, 3.05) is 12.4 Å². The summed E-state index contributed by atoms with van der Waals surface area (Å²) < 4.78 is 10.8. The molecule has 140 valence electrons. The van der Waals surface area contributed by atoms with Crippen LogP contribution in [0.4, 0.5) is 5.69 Å². The highest BCUT2D eigenvalue weighted by Gasteiger charge is 2.08. The number of rotatable bonds is 6. The summed E-state index contributed by atoms with van der Waals surface area (Å²) in [6, 6.07) is 17.6. The van der Waals surface area contributed by atoms with Crippen LogP contribution in [0.3, 0.4) is 0 Å². The zero-order valence-corrected chi connectivity index (χ0v) is 15.5. The van der Waals surface area contributed by atoms with Gasteiger partial charge < -0.3 is 20.5 Å². The molecule has 0 aliphatic rings. The van der Waals surface area contributed by atoms with Gasteiger partial charge in [0.2, 0.25) is 5.88 Å². The lowest BCUT2D eigenvalue weighted by Gasteiger charge is -2.09. The van der Waals surface area contributed by atoms with Gasteiger partial charge in [-0.05, 0) is 54.1 Å². The van der Waals surface area contributed by atoms with Crippen molar-refractivity contribution in [3.8, 4) is 17.4 Å². The van der Waals surface area contributed by atoms with Crippen LogP contribution in [0.2, 0.25) is 0 Å². The molecule has 3 N–H and O–H groups in total. The van der Waals surface area contributed by atoms with Crippen molar-refractivity contribution >= 4 is 24.0 Å². The number of nitrogens with one attached hydrogen (secondary N) is 1. The van der Waals surface area contributed by atoms with Crippen LogP contribution in [0.5, 0.6) is 17.4 Å². The molecular weight excluding hydrogens is 366 g/mol. The maximum Gasteiger partial charge on any atom is 0.255 e. The summed E-state index contributed by atoms with van der Waals surface area (Å²) in [5, 5.41) is 2.84. The van der Waals surface area contributed by atoms with Gasteiger partial charge in [-0.2, -0.15) is 0 Å².